The molecule has 0 aliphatic heterocycles. The van der Waals surface area contributed by atoms with E-state index in [0.717, 1.165) is 0 Å². The van der Waals surface area contributed by atoms with Gasteiger partial charge in [0, 0.05) is 23.9 Å². The SMILES string of the molecule is COc1cc(NC(C)C)cc([N+](=O)[O-])c1OC. The summed E-state index contributed by atoms with van der Waals surface area (Å²) in [6.07, 6.45) is 0. The van der Waals surface area contributed by atoms with E-state index in [-0.39, 0.29) is 17.5 Å². The van der Waals surface area contributed by atoms with Crippen LogP contribution in [0.15, 0.2) is 12.1 Å². The number of nitro benzene ring substituents is 1. The largest absolute Gasteiger partial charge is 0.493 e. The van der Waals surface area contributed by atoms with Crippen molar-refractivity contribution in [2.45, 2.75) is 19.9 Å². The van der Waals surface area contributed by atoms with Gasteiger partial charge in [0.1, 0.15) is 0 Å². The molecule has 0 aliphatic carbocycles. The van der Waals surface area contributed by atoms with Gasteiger partial charge in [0.2, 0.25) is 5.75 Å². The summed E-state index contributed by atoms with van der Waals surface area (Å²) in [4.78, 5) is 10.4. The molecule has 1 aromatic carbocycles. The van der Waals surface area contributed by atoms with Crippen molar-refractivity contribution < 1.29 is 14.4 Å². The van der Waals surface area contributed by atoms with Crippen molar-refractivity contribution >= 4 is 11.4 Å². The zero-order valence-corrected chi connectivity index (χ0v) is 10.3. The smallest absolute Gasteiger partial charge is 0.316 e. The Hall–Kier alpha value is -1.98. The van der Waals surface area contributed by atoms with Crippen LogP contribution in [0.4, 0.5) is 11.4 Å². The van der Waals surface area contributed by atoms with Crippen LogP contribution < -0.4 is 14.8 Å². The number of hydrogen-bond acceptors (Lipinski definition) is 5. The van der Waals surface area contributed by atoms with Crippen molar-refractivity contribution in [1.29, 1.82) is 0 Å². The van der Waals surface area contributed by atoms with E-state index in [0.29, 0.717) is 11.4 Å². The standard InChI is InChI=1S/C11H16N2O4/c1-7(2)12-8-5-9(13(14)15)11(17-4)10(6-8)16-3/h5-7,12H,1-4H3. The lowest BCUT2D eigenvalue weighted by atomic mass is 10.2. The summed E-state index contributed by atoms with van der Waals surface area (Å²) in [7, 11) is 2.82. The van der Waals surface area contributed by atoms with E-state index in [9.17, 15) is 10.1 Å². The van der Waals surface area contributed by atoms with Crippen LogP contribution in [0.1, 0.15) is 13.8 Å². The van der Waals surface area contributed by atoms with Crippen molar-refractivity contribution in [3.63, 3.8) is 0 Å². The first-order valence-corrected chi connectivity index (χ1v) is 5.16. The Labute approximate surface area is 99.7 Å². The number of hydrogen-bond donors (Lipinski definition) is 1. The molecule has 6 heteroatoms. The molecule has 6 nitrogen and oxygen atoms in total. The first kappa shape index (κ1) is 13.1. The second-order valence-electron chi connectivity index (χ2n) is 3.79. The Balaban J connectivity index is 3.29. The van der Waals surface area contributed by atoms with E-state index in [1.807, 2.05) is 13.8 Å². The number of rotatable bonds is 5. The fourth-order valence-electron chi connectivity index (χ4n) is 1.50. The number of nitrogens with zero attached hydrogens (tertiary/aromatic N) is 1. The summed E-state index contributed by atoms with van der Waals surface area (Å²) in [5, 5.41) is 14.0. The van der Waals surface area contributed by atoms with Crippen molar-refractivity contribution in [2.24, 2.45) is 0 Å². The van der Waals surface area contributed by atoms with Gasteiger partial charge >= 0.3 is 5.69 Å². The highest BCUT2D eigenvalue weighted by Gasteiger charge is 2.21. The molecule has 1 aromatic rings. The van der Waals surface area contributed by atoms with Crippen LogP contribution in [0.25, 0.3) is 0 Å². The normalized spacial score (nSPS) is 10.2. The lowest BCUT2D eigenvalue weighted by molar-refractivity contribution is -0.385. The third-order valence-corrected chi connectivity index (χ3v) is 2.11. The summed E-state index contributed by atoms with van der Waals surface area (Å²) in [5.74, 6) is 0.469. The number of nitro groups is 1. The minimum Gasteiger partial charge on any atom is -0.493 e. The highest BCUT2D eigenvalue weighted by molar-refractivity contribution is 5.66. The molecule has 0 saturated carbocycles. The highest BCUT2D eigenvalue weighted by atomic mass is 16.6. The van der Waals surface area contributed by atoms with E-state index in [2.05, 4.69) is 5.32 Å². The van der Waals surface area contributed by atoms with Crippen LogP contribution in [0.3, 0.4) is 0 Å². The molecule has 0 bridgehead atoms. The first-order chi connectivity index (χ1) is 7.99. The molecule has 1 rings (SSSR count). The van der Waals surface area contributed by atoms with Crippen LogP contribution in [-0.2, 0) is 0 Å². The predicted octanol–water partition coefficient (Wildman–Crippen LogP) is 2.43. The third kappa shape index (κ3) is 2.99. The second kappa shape index (κ2) is 5.38. The monoisotopic (exact) mass is 240 g/mol. The molecule has 0 unspecified atom stereocenters. The quantitative estimate of drug-likeness (QED) is 0.632. The predicted molar refractivity (Wildman–Crippen MR) is 65.0 cm³/mol. The Morgan fingerprint density at radius 3 is 2.35 bits per heavy atom. The molecule has 0 saturated heterocycles. The molecule has 0 heterocycles. The lowest BCUT2D eigenvalue weighted by Gasteiger charge is -2.13. The molecule has 0 atom stereocenters. The Kier molecular flexibility index (Phi) is 4.14. The first-order valence-electron chi connectivity index (χ1n) is 5.16. The summed E-state index contributed by atoms with van der Waals surface area (Å²) < 4.78 is 10.1. The number of nitrogens with one attached hydrogen (secondary N) is 1. The summed E-state index contributed by atoms with van der Waals surface area (Å²) in [6, 6.07) is 3.28. The lowest BCUT2D eigenvalue weighted by Crippen LogP contribution is -2.10. The molecule has 0 amide bonds. The minimum atomic E-state index is -0.493. The van der Waals surface area contributed by atoms with Gasteiger partial charge in [-0.3, -0.25) is 10.1 Å². The van der Waals surface area contributed by atoms with Crippen molar-refractivity contribution in [3.8, 4) is 11.5 Å². The fourth-order valence-corrected chi connectivity index (χ4v) is 1.50. The van der Waals surface area contributed by atoms with Gasteiger partial charge in [0.25, 0.3) is 0 Å². The van der Waals surface area contributed by atoms with Gasteiger partial charge in [-0.2, -0.15) is 0 Å². The fraction of sp³-hybridized carbons (Fsp3) is 0.455. The van der Waals surface area contributed by atoms with Crippen LogP contribution in [-0.4, -0.2) is 25.2 Å². The molecule has 94 valence electrons. The molecule has 0 aromatic heterocycles. The number of ether oxygens (including phenoxy) is 2. The molecule has 17 heavy (non-hydrogen) atoms. The summed E-state index contributed by atoms with van der Waals surface area (Å²) in [6.45, 7) is 3.89. The van der Waals surface area contributed by atoms with Crippen LogP contribution in [0, 0.1) is 10.1 Å². The van der Waals surface area contributed by atoms with Gasteiger partial charge in [0.05, 0.1) is 19.1 Å². The summed E-state index contributed by atoms with van der Waals surface area (Å²) >= 11 is 0. The number of benzene rings is 1. The topological polar surface area (TPSA) is 73.6 Å². The maximum atomic E-state index is 10.9. The molecule has 0 fully saturated rings. The summed E-state index contributed by atoms with van der Waals surface area (Å²) in [5.41, 5.74) is 0.513. The second-order valence-corrected chi connectivity index (χ2v) is 3.79. The molecular formula is C11H16N2O4. The molecular weight excluding hydrogens is 224 g/mol. The molecule has 1 N–H and O–H groups in total. The minimum absolute atomic E-state index is 0.116. The van der Waals surface area contributed by atoms with E-state index in [1.165, 1.54) is 20.3 Å². The van der Waals surface area contributed by atoms with Crippen LogP contribution in [0.5, 0.6) is 11.5 Å². The third-order valence-electron chi connectivity index (χ3n) is 2.11. The highest BCUT2D eigenvalue weighted by Crippen LogP contribution is 2.39. The average molecular weight is 240 g/mol. The average Bonchev–Trinajstić information content (AvgIpc) is 2.26. The zero-order valence-electron chi connectivity index (χ0n) is 10.3. The zero-order chi connectivity index (χ0) is 13.0. The number of anilines is 1. The Morgan fingerprint density at radius 1 is 1.29 bits per heavy atom. The molecule has 0 spiro atoms. The van der Waals surface area contributed by atoms with E-state index in [4.69, 9.17) is 9.47 Å². The van der Waals surface area contributed by atoms with Crippen molar-refractivity contribution in [2.75, 3.05) is 19.5 Å². The van der Waals surface area contributed by atoms with Gasteiger partial charge in [-0.05, 0) is 13.8 Å². The Bertz CT molecular complexity index is 418. The van der Waals surface area contributed by atoms with Gasteiger partial charge in [-0.25, -0.2) is 0 Å². The number of methoxy groups -OCH3 is 2. The Morgan fingerprint density at radius 2 is 1.94 bits per heavy atom. The van der Waals surface area contributed by atoms with Crippen LogP contribution in [0.2, 0.25) is 0 Å². The molecule has 0 radical (unpaired) electrons. The van der Waals surface area contributed by atoms with Gasteiger partial charge in [-0.15, -0.1) is 0 Å². The van der Waals surface area contributed by atoms with Crippen molar-refractivity contribution in [3.05, 3.63) is 22.2 Å². The van der Waals surface area contributed by atoms with Gasteiger partial charge in [-0.1, -0.05) is 0 Å². The maximum absolute atomic E-state index is 10.9. The van der Waals surface area contributed by atoms with Gasteiger partial charge in [0.15, 0.2) is 5.75 Å². The van der Waals surface area contributed by atoms with E-state index in [1.54, 1.807) is 6.07 Å². The van der Waals surface area contributed by atoms with Crippen molar-refractivity contribution in [1.82, 2.24) is 0 Å². The van der Waals surface area contributed by atoms with Crippen LogP contribution >= 0.6 is 0 Å². The van der Waals surface area contributed by atoms with E-state index >= 15 is 0 Å². The maximum Gasteiger partial charge on any atom is 0.316 e. The van der Waals surface area contributed by atoms with Gasteiger partial charge < -0.3 is 14.8 Å². The van der Waals surface area contributed by atoms with E-state index < -0.39 is 4.92 Å². The molecule has 0 aliphatic rings.